The number of hydrogen-bond donors (Lipinski definition) is 1. The van der Waals surface area contributed by atoms with Gasteiger partial charge < -0.3 is 5.32 Å². The van der Waals surface area contributed by atoms with Crippen molar-refractivity contribution >= 4 is 5.91 Å². The van der Waals surface area contributed by atoms with Crippen molar-refractivity contribution in [2.24, 2.45) is 5.92 Å². The highest BCUT2D eigenvalue weighted by Gasteiger charge is 2.05. The van der Waals surface area contributed by atoms with Crippen molar-refractivity contribution in [2.75, 3.05) is 0 Å². The molecule has 1 amide bonds. The zero-order valence-electron chi connectivity index (χ0n) is 7.82. The summed E-state index contributed by atoms with van der Waals surface area (Å²) >= 11 is 0. The molecule has 1 heterocycles. The molecule has 1 rings (SSSR count). The van der Waals surface area contributed by atoms with Gasteiger partial charge >= 0.3 is 0 Å². The number of carbonyl (C=O) groups is 1. The quantitative estimate of drug-likeness (QED) is 0.744. The molecule has 4 nitrogen and oxygen atoms in total. The van der Waals surface area contributed by atoms with E-state index in [1.54, 1.807) is 12.3 Å². The number of nitrogens with zero attached hydrogens (tertiary/aromatic N) is 2. The maximum absolute atomic E-state index is 11.2. The van der Waals surface area contributed by atoms with Crippen molar-refractivity contribution in [3.8, 4) is 0 Å². The van der Waals surface area contributed by atoms with E-state index in [1.807, 2.05) is 19.9 Å². The van der Waals surface area contributed by atoms with Crippen LogP contribution in [-0.2, 0) is 11.3 Å². The summed E-state index contributed by atoms with van der Waals surface area (Å²) in [4.78, 5) is 11.2. The molecule has 1 aromatic rings. The largest absolute Gasteiger partial charge is 0.350 e. The van der Waals surface area contributed by atoms with E-state index in [9.17, 15) is 4.79 Å². The van der Waals surface area contributed by atoms with Crippen LogP contribution in [0.1, 0.15) is 19.5 Å². The minimum atomic E-state index is 0.0108. The summed E-state index contributed by atoms with van der Waals surface area (Å²) in [6.45, 7) is 4.16. The van der Waals surface area contributed by atoms with E-state index in [0.29, 0.717) is 6.54 Å². The molecule has 0 aliphatic heterocycles. The van der Waals surface area contributed by atoms with E-state index in [2.05, 4.69) is 15.5 Å². The van der Waals surface area contributed by atoms with Crippen LogP contribution in [0.15, 0.2) is 18.3 Å². The number of amides is 1. The first kappa shape index (κ1) is 9.64. The molecule has 0 aliphatic rings. The molecule has 0 aliphatic carbocycles. The van der Waals surface area contributed by atoms with Crippen molar-refractivity contribution < 1.29 is 4.79 Å². The van der Waals surface area contributed by atoms with Gasteiger partial charge in [0.15, 0.2) is 0 Å². The Hall–Kier alpha value is -1.45. The second kappa shape index (κ2) is 4.54. The van der Waals surface area contributed by atoms with E-state index in [0.717, 1.165) is 5.69 Å². The highest BCUT2D eigenvalue weighted by atomic mass is 16.1. The maximum atomic E-state index is 11.2. The Bertz CT molecular complexity index is 271. The van der Waals surface area contributed by atoms with Crippen LogP contribution in [0.25, 0.3) is 0 Å². The second-order valence-electron chi connectivity index (χ2n) is 3.09. The Kier molecular flexibility index (Phi) is 3.37. The Morgan fingerprint density at radius 3 is 2.92 bits per heavy atom. The van der Waals surface area contributed by atoms with Crippen molar-refractivity contribution in [3.05, 3.63) is 24.0 Å². The van der Waals surface area contributed by atoms with Gasteiger partial charge in [-0.25, -0.2) is 0 Å². The molecule has 0 aromatic carbocycles. The van der Waals surface area contributed by atoms with Crippen molar-refractivity contribution in [1.29, 1.82) is 0 Å². The van der Waals surface area contributed by atoms with Gasteiger partial charge in [-0.2, -0.15) is 10.2 Å². The first-order chi connectivity index (χ1) is 6.20. The third-order valence-electron chi connectivity index (χ3n) is 1.60. The molecule has 0 spiro atoms. The molecule has 4 heteroatoms. The van der Waals surface area contributed by atoms with Crippen LogP contribution in [0.3, 0.4) is 0 Å². The molecule has 0 bridgehead atoms. The number of nitrogens with one attached hydrogen (secondary N) is 1. The second-order valence-corrected chi connectivity index (χ2v) is 3.09. The summed E-state index contributed by atoms with van der Waals surface area (Å²) < 4.78 is 0. The molecule has 0 fully saturated rings. The fourth-order valence-corrected chi connectivity index (χ4v) is 0.810. The predicted molar refractivity (Wildman–Crippen MR) is 48.7 cm³/mol. The van der Waals surface area contributed by atoms with Crippen LogP contribution in [0, 0.1) is 5.92 Å². The fourth-order valence-electron chi connectivity index (χ4n) is 0.810. The number of aromatic nitrogens is 2. The lowest BCUT2D eigenvalue weighted by molar-refractivity contribution is -0.124. The molecular formula is C9H13N3O. The Morgan fingerprint density at radius 2 is 2.38 bits per heavy atom. The molecule has 1 aromatic heterocycles. The number of hydrogen-bond acceptors (Lipinski definition) is 3. The first-order valence-corrected chi connectivity index (χ1v) is 4.24. The molecule has 0 atom stereocenters. The Balaban J connectivity index is 2.40. The SMILES string of the molecule is CC(C)C(=O)NCc1cccnn1. The van der Waals surface area contributed by atoms with E-state index in [4.69, 9.17) is 0 Å². The third-order valence-corrected chi connectivity index (χ3v) is 1.60. The zero-order valence-corrected chi connectivity index (χ0v) is 7.82. The lowest BCUT2D eigenvalue weighted by Gasteiger charge is -2.05. The monoisotopic (exact) mass is 179 g/mol. The van der Waals surface area contributed by atoms with Gasteiger partial charge in [0.1, 0.15) is 0 Å². The lowest BCUT2D eigenvalue weighted by Crippen LogP contribution is -2.27. The topological polar surface area (TPSA) is 54.9 Å². The van der Waals surface area contributed by atoms with Gasteiger partial charge in [0, 0.05) is 12.1 Å². The van der Waals surface area contributed by atoms with Gasteiger partial charge in [-0.3, -0.25) is 4.79 Å². The van der Waals surface area contributed by atoms with Gasteiger partial charge in [0.2, 0.25) is 5.91 Å². The highest BCUT2D eigenvalue weighted by molar-refractivity contribution is 5.77. The van der Waals surface area contributed by atoms with E-state index in [1.165, 1.54) is 0 Å². The molecule has 0 radical (unpaired) electrons. The predicted octanol–water partition coefficient (Wildman–Crippen LogP) is 0.749. The van der Waals surface area contributed by atoms with Crippen LogP contribution in [0.4, 0.5) is 0 Å². The standard InChI is InChI=1S/C9H13N3O/c1-7(2)9(13)10-6-8-4-3-5-11-12-8/h3-5,7H,6H2,1-2H3,(H,10,13). The van der Waals surface area contributed by atoms with Gasteiger partial charge in [-0.1, -0.05) is 13.8 Å². The minimum Gasteiger partial charge on any atom is -0.350 e. The molecule has 13 heavy (non-hydrogen) atoms. The highest BCUT2D eigenvalue weighted by Crippen LogP contribution is 1.94. The summed E-state index contributed by atoms with van der Waals surface area (Å²) in [5.74, 6) is 0.0438. The first-order valence-electron chi connectivity index (χ1n) is 4.24. The molecular weight excluding hydrogens is 166 g/mol. The van der Waals surface area contributed by atoms with Gasteiger partial charge in [0.05, 0.1) is 12.2 Å². The van der Waals surface area contributed by atoms with Gasteiger partial charge in [0.25, 0.3) is 0 Å². The van der Waals surface area contributed by atoms with Crippen LogP contribution >= 0.6 is 0 Å². The summed E-state index contributed by atoms with van der Waals surface area (Å²) in [5, 5.41) is 10.3. The van der Waals surface area contributed by atoms with Gasteiger partial charge in [-0.05, 0) is 12.1 Å². The molecule has 0 saturated heterocycles. The summed E-state index contributed by atoms with van der Waals surface area (Å²) in [7, 11) is 0. The van der Waals surface area contributed by atoms with Crippen LogP contribution in [0.2, 0.25) is 0 Å². The molecule has 0 unspecified atom stereocenters. The minimum absolute atomic E-state index is 0.0108. The molecule has 0 saturated carbocycles. The van der Waals surface area contributed by atoms with Crippen molar-refractivity contribution in [3.63, 3.8) is 0 Å². The normalized spacial score (nSPS) is 10.1. The number of rotatable bonds is 3. The number of carbonyl (C=O) groups excluding carboxylic acids is 1. The summed E-state index contributed by atoms with van der Waals surface area (Å²) in [5.41, 5.74) is 0.775. The average molecular weight is 179 g/mol. The van der Waals surface area contributed by atoms with Gasteiger partial charge in [-0.15, -0.1) is 0 Å². The van der Waals surface area contributed by atoms with E-state index < -0.39 is 0 Å². The van der Waals surface area contributed by atoms with Crippen molar-refractivity contribution in [2.45, 2.75) is 20.4 Å². The van der Waals surface area contributed by atoms with Crippen LogP contribution < -0.4 is 5.32 Å². The van der Waals surface area contributed by atoms with E-state index in [-0.39, 0.29) is 11.8 Å². The van der Waals surface area contributed by atoms with Crippen LogP contribution in [0.5, 0.6) is 0 Å². The van der Waals surface area contributed by atoms with Crippen molar-refractivity contribution in [1.82, 2.24) is 15.5 Å². The summed E-state index contributed by atoms with van der Waals surface area (Å²) in [6, 6.07) is 3.62. The third kappa shape index (κ3) is 3.19. The zero-order chi connectivity index (χ0) is 9.68. The average Bonchev–Trinajstić information content (AvgIpc) is 2.15. The smallest absolute Gasteiger partial charge is 0.222 e. The summed E-state index contributed by atoms with van der Waals surface area (Å²) in [6.07, 6.45) is 1.60. The van der Waals surface area contributed by atoms with Crippen LogP contribution in [-0.4, -0.2) is 16.1 Å². The van der Waals surface area contributed by atoms with E-state index >= 15 is 0 Å². The molecule has 1 N–H and O–H groups in total. The Morgan fingerprint density at radius 1 is 1.62 bits per heavy atom. The fraction of sp³-hybridized carbons (Fsp3) is 0.444. The lowest BCUT2D eigenvalue weighted by atomic mass is 10.2. The Labute approximate surface area is 77.4 Å². The maximum Gasteiger partial charge on any atom is 0.222 e. The molecule has 70 valence electrons.